The molecule has 17 heavy (non-hydrogen) atoms. The molecule has 0 aromatic carbocycles. The average Bonchev–Trinajstić information content (AvgIpc) is 2.94. The fraction of sp³-hybridized carbons (Fsp3) is 0.200. The minimum atomic E-state index is 0.669. The maximum absolute atomic E-state index is 4.21. The number of fused-ring (bicyclic) bond motifs is 1. The van der Waals surface area contributed by atoms with Crippen molar-refractivity contribution in [2.45, 2.75) is 13.5 Å². The van der Waals surface area contributed by atoms with Crippen molar-refractivity contribution in [1.29, 1.82) is 0 Å². The van der Waals surface area contributed by atoms with Crippen molar-refractivity contribution in [2.24, 2.45) is 0 Å². The maximum Gasteiger partial charge on any atom is 0.182 e. The van der Waals surface area contributed by atoms with E-state index in [0.29, 0.717) is 12.2 Å². The second-order valence-electron chi connectivity index (χ2n) is 3.52. The Morgan fingerprint density at radius 3 is 3.06 bits per heavy atom. The summed E-state index contributed by atoms with van der Waals surface area (Å²) in [7, 11) is 0. The number of thiazole rings is 1. The van der Waals surface area contributed by atoms with Crippen LogP contribution < -0.4 is 5.32 Å². The molecule has 0 spiro atoms. The monoisotopic (exact) mass is 246 g/mol. The number of H-pyrrole nitrogens is 1. The van der Waals surface area contributed by atoms with Crippen molar-refractivity contribution in [1.82, 2.24) is 24.9 Å². The minimum Gasteiger partial charge on any atom is -0.363 e. The van der Waals surface area contributed by atoms with Crippen LogP contribution in [0.1, 0.15) is 9.88 Å². The number of hydrogen-bond donors (Lipinski definition) is 2. The lowest BCUT2D eigenvalue weighted by molar-refractivity contribution is 1.11. The van der Waals surface area contributed by atoms with Gasteiger partial charge in [-0.25, -0.2) is 19.9 Å². The highest BCUT2D eigenvalue weighted by atomic mass is 32.1. The molecule has 0 aliphatic heterocycles. The predicted molar refractivity (Wildman–Crippen MR) is 65.9 cm³/mol. The van der Waals surface area contributed by atoms with Gasteiger partial charge in [0.15, 0.2) is 11.5 Å². The van der Waals surface area contributed by atoms with Gasteiger partial charge >= 0.3 is 0 Å². The van der Waals surface area contributed by atoms with Crippen LogP contribution in [-0.2, 0) is 6.54 Å². The Labute approximate surface area is 101 Å². The molecular weight excluding hydrogens is 236 g/mol. The molecule has 0 saturated carbocycles. The van der Waals surface area contributed by atoms with Gasteiger partial charge in [-0.15, -0.1) is 11.3 Å². The molecule has 86 valence electrons. The number of hydrogen-bond acceptors (Lipinski definition) is 6. The van der Waals surface area contributed by atoms with Crippen molar-refractivity contribution in [3.8, 4) is 0 Å². The van der Waals surface area contributed by atoms with Crippen molar-refractivity contribution in [3.05, 3.63) is 28.7 Å². The molecule has 6 nitrogen and oxygen atoms in total. The first-order valence-corrected chi connectivity index (χ1v) is 5.94. The molecule has 0 radical (unpaired) electrons. The van der Waals surface area contributed by atoms with Crippen LogP contribution in [0.5, 0.6) is 0 Å². The molecule has 0 unspecified atom stereocenters. The van der Waals surface area contributed by atoms with Gasteiger partial charge < -0.3 is 10.3 Å². The zero-order valence-electron chi connectivity index (χ0n) is 9.14. The highest BCUT2D eigenvalue weighted by Gasteiger charge is 2.05. The standard InChI is InChI=1S/C10H10N6S/c1-6-11-2-7(17-6)3-12-9-8-10(14-4-13-8)16-5-15-9/h2,4-5H,3H2,1H3,(H2,12,13,14,15,16). The van der Waals surface area contributed by atoms with Gasteiger partial charge in [-0.3, -0.25) is 0 Å². The molecule has 0 bridgehead atoms. The van der Waals surface area contributed by atoms with E-state index in [1.807, 2.05) is 13.1 Å². The summed E-state index contributed by atoms with van der Waals surface area (Å²) in [5, 5.41) is 4.32. The van der Waals surface area contributed by atoms with Gasteiger partial charge in [0.2, 0.25) is 0 Å². The number of imidazole rings is 1. The Bertz CT molecular complexity index is 643. The zero-order valence-corrected chi connectivity index (χ0v) is 9.95. The molecule has 3 rings (SSSR count). The molecule has 0 fully saturated rings. The number of nitrogens with one attached hydrogen (secondary N) is 2. The van der Waals surface area contributed by atoms with E-state index in [1.165, 1.54) is 11.2 Å². The Hall–Kier alpha value is -2.02. The summed E-state index contributed by atoms with van der Waals surface area (Å²) in [6.07, 6.45) is 4.99. The van der Waals surface area contributed by atoms with E-state index in [2.05, 4.69) is 30.2 Å². The molecule has 3 heterocycles. The molecule has 0 aliphatic rings. The average molecular weight is 246 g/mol. The highest BCUT2D eigenvalue weighted by molar-refractivity contribution is 7.11. The van der Waals surface area contributed by atoms with Crippen molar-refractivity contribution < 1.29 is 0 Å². The van der Waals surface area contributed by atoms with Crippen LogP contribution in [0.3, 0.4) is 0 Å². The Morgan fingerprint density at radius 2 is 2.24 bits per heavy atom. The number of rotatable bonds is 3. The normalized spacial score (nSPS) is 10.9. The van der Waals surface area contributed by atoms with E-state index < -0.39 is 0 Å². The summed E-state index contributed by atoms with van der Waals surface area (Å²) in [6.45, 7) is 2.70. The number of nitrogens with zero attached hydrogens (tertiary/aromatic N) is 4. The zero-order chi connectivity index (χ0) is 11.7. The number of aromatic amines is 1. The van der Waals surface area contributed by atoms with Crippen molar-refractivity contribution >= 4 is 28.3 Å². The second-order valence-corrected chi connectivity index (χ2v) is 4.84. The van der Waals surface area contributed by atoms with Crippen LogP contribution >= 0.6 is 11.3 Å². The van der Waals surface area contributed by atoms with Gasteiger partial charge in [-0.2, -0.15) is 0 Å². The van der Waals surface area contributed by atoms with Crippen LogP contribution in [0.25, 0.3) is 11.2 Å². The molecule has 0 amide bonds. The van der Waals surface area contributed by atoms with E-state index in [1.54, 1.807) is 17.7 Å². The summed E-state index contributed by atoms with van der Waals surface area (Å²) < 4.78 is 0. The fourth-order valence-corrected chi connectivity index (χ4v) is 2.29. The van der Waals surface area contributed by atoms with Gasteiger partial charge in [0.1, 0.15) is 11.8 Å². The first-order chi connectivity index (χ1) is 8.33. The molecular formula is C10H10N6S. The maximum atomic E-state index is 4.21. The Kier molecular flexibility index (Phi) is 2.45. The van der Waals surface area contributed by atoms with Crippen LogP contribution in [0.2, 0.25) is 0 Å². The summed E-state index contributed by atoms with van der Waals surface area (Å²) in [5.41, 5.74) is 1.50. The van der Waals surface area contributed by atoms with Gasteiger partial charge in [-0.1, -0.05) is 0 Å². The van der Waals surface area contributed by atoms with E-state index in [-0.39, 0.29) is 0 Å². The lowest BCUT2D eigenvalue weighted by atomic mass is 10.4. The topological polar surface area (TPSA) is 79.4 Å². The first-order valence-electron chi connectivity index (χ1n) is 5.12. The van der Waals surface area contributed by atoms with Crippen molar-refractivity contribution in [3.63, 3.8) is 0 Å². The Balaban J connectivity index is 1.83. The third-order valence-corrected chi connectivity index (χ3v) is 3.23. The van der Waals surface area contributed by atoms with E-state index >= 15 is 0 Å². The predicted octanol–water partition coefficient (Wildman–Crippen LogP) is 1.73. The summed E-state index contributed by atoms with van der Waals surface area (Å²) >= 11 is 1.67. The van der Waals surface area contributed by atoms with Crippen LogP contribution in [0.4, 0.5) is 5.82 Å². The van der Waals surface area contributed by atoms with E-state index in [4.69, 9.17) is 0 Å². The third kappa shape index (κ3) is 1.96. The molecule has 3 aromatic rings. The molecule has 0 aliphatic carbocycles. The SMILES string of the molecule is Cc1ncc(CNc2ncnc3nc[nH]c23)s1. The van der Waals surface area contributed by atoms with E-state index in [0.717, 1.165) is 16.3 Å². The molecule has 0 atom stereocenters. The third-order valence-electron chi connectivity index (χ3n) is 2.32. The first kappa shape index (κ1) is 10.2. The van der Waals surface area contributed by atoms with Crippen LogP contribution in [0, 0.1) is 6.92 Å². The summed E-state index contributed by atoms with van der Waals surface area (Å²) in [6, 6.07) is 0. The smallest absolute Gasteiger partial charge is 0.182 e. The minimum absolute atomic E-state index is 0.669. The lowest BCUT2D eigenvalue weighted by Gasteiger charge is -2.03. The fourth-order valence-electron chi connectivity index (χ4n) is 1.56. The molecule has 7 heteroatoms. The molecule has 2 N–H and O–H groups in total. The second kappa shape index (κ2) is 4.10. The molecule has 3 aromatic heterocycles. The lowest BCUT2D eigenvalue weighted by Crippen LogP contribution is -2.01. The van der Waals surface area contributed by atoms with Gasteiger partial charge in [0, 0.05) is 11.1 Å². The van der Waals surface area contributed by atoms with Gasteiger partial charge in [0.25, 0.3) is 0 Å². The Morgan fingerprint density at radius 1 is 1.29 bits per heavy atom. The van der Waals surface area contributed by atoms with Crippen molar-refractivity contribution in [2.75, 3.05) is 5.32 Å². The number of aromatic nitrogens is 5. The highest BCUT2D eigenvalue weighted by Crippen LogP contribution is 2.17. The largest absolute Gasteiger partial charge is 0.363 e. The van der Waals surface area contributed by atoms with Gasteiger partial charge in [-0.05, 0) is 6.92 Å². The van der Waals surface area contributed by atoms with Crippen LogP contribution in [-0.4, -0.2) is 24.9 Å². The quantitative estimate of drug-likeness (QED) is 0.735. The van der Waals surface area contributed by atoms with E-state index in [9.17, 15) is 0 Å². The number of anilines is 1. The molecule has 0 saturated heterocycles. The summed E-state index contributed by atoms with van der Waals surface area (Å²) in [5.74, 6) is 0.763. The summed E-state index contributed by atoms with van der Waals surface area (Å²) in [4.78, 5) is 20.7. The van der Waals surface area contributed by atoms with Gasteiger partial charge in [0.05, 0.1) is 17.9 Å². The van der Waals surface area contributed by atoms with Crippen LogP contribution in [0.15, 0.2) is 18.9 Å². The number of aryl methyl sites for hydroxylation is 1.